The van der Waals surface area contributed by atoms with Crippen molar-refractivity contribution in [2.24, 2.45) is 0 Å². The van der Waals surface area contributed by atoms with Gasteiger partial charge in [-0.2, -0.15) is 0 Å². The summed E-state index contributed by atoms with van der Waals surface area (Å²) in [5.41, 5.74) is 1.10. The van der Waals surface area contributed by atoms with Crippen LogP contribution < -0.4 is 0 Å². The molecule has 19 heavy (non-hydrogen) atoms. The van der Waals surface area contributed by atoms with E-state index < -0.39 is 8.13 Å². The Labute approximate surface area is 138 Å². The van der Waals surface area contributed by atoms with Gasteiger partial charge in [0.25, 0.3) is 0 Å². The van der Waals surface area contributed by atoms with E-state index in [1.54, 1.807) is 4.68 Å². The van der Waals surface area contributed by atoms with Crippen molar-refractivity contribution in [1.29, 1.82) is 0 Å². The molecule has 8 heteroatoms. The van der Waals surface area contributed by atoms with Crippen LogP contribution in [0.2, 0.25) is 0 Å². The summed E-state index contributed by atoms with van der Waals surface area (Å²) >= 11 is 29.9. The Kier molecular flexibility index (Phi) is 6.10. The molecule has 0 aliphatic carbocycles. The summed E-state index contributed by atoms with van der Waals surface area (Å²) in [7, 11) is 0. The van der Waals surface area contributed by atoms with Crippen molar-refractivity contribution in [3.63, 3.8) is 0 Å². The average Bonchev–Trinajstić information content (AvgIpc) is 2.68. The monoisotopic (exact) mass is 365 g/mol. The van der Waals surface area contributed by atoms with Gasteiger partial charge in [-0.1, -0.05) is 90.4 Å². The molecule has 0 unspecified atom stereocenters. The highest BCUT2D eigenvalue weighted by Gasteiger charge is 2.51. The Hall–Kier alpha value is 0.590. The van der Waals surface area contributed by atoms with E-state index in [2.05, 4.69) is 17.2 Å². The van der Waals surface area contributed by atoms with Crippen molar-refractivity contribution in [2.45, 2.75) is 54.2 Å². The molecule has 0 saturated heterocycles. The van der Waals surface area contributed by atoms with Crippen LogP contribution in [0.3, 0.4) is 0 Å². The van der Waals surface area contributed by atoms with E-state index >= 15 is 0 Å². The molecule has 0 amide bonds. The Balaban J connectivity index is 3.26. The Bertz CT molecular complexity index is 422. The van der Waals surface area contributed by atoms with Gasteiger partial charge in [-0.05, 0) is 12.3 Å². The van der Waals surface area contributed by atoms with E-state index in [9.17, 15) is 0 Å². The molecule has 0 saturated carbocycles. The molecular weight excluding hydrogens is 351 g/mol. The number of alkyl halides is 5. The molecule has 1 heterocycles. The molecule has 0 aliphatic heterocycles. The summed E-state index contributed by atoms with van der Waals surface area (Å²) in [6.07, 6.45) is 2.03. The second-order valence-electron chi connectivity index (χ2n) is 4.63. The summed E-state index contributed by atoms with van der Waals surface area (Å²) in [6, 6.07) is 0. The quantitative estimate of drug-likeness (QED) is 0.670. The summed E-state index contributed by atoms with van der Waals surface area (Å²) in [5, 5.41) is 8.10. The lowest BCUT2D eigenvalue weighted by atomic mass is 10.1. The SMILES string of the molecule is CCCCn1nnc(C(Cl)(Cl)C(Cl)(Cl)Cl)c1C(C)C. The highest BCUT2D eigenvalue weighted by Crippen LogP contribution is 2.53. The van der Waals surface area contributed by atoms with E-state index in [0.29, 0.717) is 5.69 Å². The number of unbranched alkanes of at least 4 members (excludes halogenated alkanes) is 1. The first-order valence-corrected chi connectivity index (χ1v) is 7.90. The maximum Gasteiger partial charge on any atom is 0.228 e. The lowest BCUT2D eigenvalue weighted by Gasteiger charge is -2.27. The molecule has 0 N–H and O–H groups in total. The molecule has 0 aromatic carbocycles. The van der Waals surface area contributed by atoms with Crippen LogP contribution in [0, 0.1) is 0 Å². The first-order valence-electron chi connectivity index (χ1n) is 6.01. The zero-order chi connectivity index (χ0) is 14.8. The van der Waals surface area contributed by atoms with Gasteiger partial charge in [0.1, 0.15) is 5.69 Å². The lowest BCUT2D eigenvalue weighted by molar-refractivity contribution is 0.521. The smallest absolute Gasteiger partial charge is 0.228 e. The van der Waals surface area contributed by atoms with Gasteiger partial charge < -0.3 is 0 Å². The van der Waals surface area contributed by atoms with Gasteiger partial charge in [0.05, 0.1) is 5.69 Å². The molecule has 0 radical (unpaired) electrons. The molecule has 0 atom stereocenters. The van der Waals surface area contributed by atoms with Crippen molar-refractivity contribution < 1.29 is 0 Å². The van der Waals surface area contributed by atoms with Crippen LogP contribution in [0.25, 0.3) is 0 Å². The standard InChI is InChI=1S/C11H16Cl5N3/c1-4-5-6-19-8(7(2)3)9(17-18-19)10(12,13)11(14,15)16/h7H,4-6H2,1-3H3. The Morgan fingerprint density at radius 1 is 1.16 bits per heavy atom. The van der Waals surface area contributed by atoms with Gasteiger partial charge in [-0.3, -0.25) is 0 Å². The molecule has 0 spiro atoms. The van der Waals surface area contributed by atoms with E-state index in [4.69, 9.17) is 58.0 Å². The first kappa shape index (κ1) is 17.6. The summed E-state index contributed by atoms with van der Waals surface area (Å²) < 4.78 is -1.84. The molecular formula is C11H16Cl5N3. The third-order valence-corrected chi connectivity index (χ3v) is 5.05. The van der Waals surface area contributed by atoms with Crippen LogP contribution in [0.15, 0.2) is 0 Å². The van der Waals surface area contributed by atoms with Crippen molar-refractivity contribution in [3.8, 4) is 0 Å². The van der Waals surface area contributed by atoms with Gasteiger partial charge in [-0.25, -0.2) is 4.68 Å². The van der Waals surface area contributed by atoms with Crippen molar-refractivity contribution >= 4 is 58.0 Å². The molecule has 110 valence electrons. The van der Waals surface area contributed by atoms with Gasteiger partial charge in [0.2, 0.25) is 8.13 Å². The summed E-state index contributed by atoms with van der Waals surface area (Å²) in [5.74, 6) is 0.117. The van der Waals surface area contributed by atoms with Crippen LogP contribution in [-0.2, 0) is 10.9 Å². The second kappa shape index (κ2) is 6.57. The van der Waals surface area contributed by atoms with Crippen LogP contribution >= 0.6 is 58.0 Å². The fourth-order valence-corrected chi connectivity index (χ4v) is 2.26. The molecule has 0 aliphatic rings. The molecule has 1 aromatic rings. The van der Waals surface area contributed by atoms with E-state index in [-0.39, 0.29) is 5.92 Å². The van der Waals surface area contributed by atoms with Crippen molar-refractivity contribution in [1.82, 2.24) is 15.0 Å². The summed E-state index contributed by atoms with van der Waals surface area (Å²) in [6.45, 7) is 6.82. The highest BCUT2D eigenvalue weighted by molar-refractivity contribution is 6.75. The molecule has 0 fully saturated rings. The number of rotatable bonds is 5. The fraction of sp³-hybridized carbons (Fsp3) is 0.818. The van der Waals surface area contributed by atoms with Crippen molar-refractivity contribution in [2.75, 3.05) is 0 Å². The third kappa shape index (κ3) is 3.82. The maximum atomic E-state index is 6.19. The normalized spacial score (nSPS) is 13.3. The maximum absolute atomic E-state index is 6.19. The summed E-state index contributed by atoms with van der Waals surface area (Å²) in [4.78, 5) is 0. The van der Waals surface area contributed by atoms with Gasteiger partial charge in [-0.15, -0.1) is 5.10 Å². The van der Waals surface area contributed by atoms with Crippen molar-refractivity contribution in [3.05, 3.63) is 11.4 Å². The minimum Gasteiger partial charge on any atom is -0.249 e. The van der Waals surface area contributed by atoms with Gasteiger partial charge >= 0.3 is 0 Å². The molecule has 1 aromatic heterocycles. The van der Waals surface area contributed by atoms with E-state index in [1.165, 1.54) is 0 Å². The van der Waals surface area contributed by atoms with Crippen LogP contribution in [-0.4, -0.2) is 18.8 Å². The Morgan fingerprint density at radius 2 is 1.74 bits per heavy atom. The minimum absolute atomic E-state index is 0.117. The number of nitrogens with zero attached hydrogens (tertiary/aromatic N) is 3. The zero-order valence-electron chi connectivity index (χ0n) is 10.9. The van der Waals surface area contributed by atoms with E-state index in [0.717, 1.165) is 25.1 Å². The predicted octanol–water partition coefficient (Wildman–Crippen LogP) is 5.20. The van der Waals surface area contributed by atoms with Gasteiger partial charge in [0, 0.05) is 6.54 Å². The number of halogens is 5. The van der Waals surface area contributed by atoms with Crippen LogP contribution in [0.4, 0.5) is 0 Å². The topological polar surface area (TPSA) is 30.7 Å². The van der Waals surface area contributed by atoms with Crippen LogP contribution in [0.5, 0.6) is 0 Å². The number of hydrogen-bond acceptors (Lipinski definition) is 2. The molecule has 1 rings (SSSR count). The number of hydrogen-bond donors (Lipinski definition) is 0. The van der Waals surface area contributed by atoms with Crippen LogP contribution in [0.1, 0.15) is 50.9 Å². The first-order chi connectivity index (χ1) is 8.63. The van der Waals surface area contributed by atoms with Gasteiger partial charge in [0.15, 0.2) is 0 Å². The molecule has 0 bridgehead atoms. The third-order valence-electron chi connectivity index (χ3n) is 2.70. The predicted molar refractivity (Wildman–Crippen MR) is 82.7 cm³/mol. The minimum atomic E-state index is -1.88. The zero-order valence-corrected chi connectivity index (χ0v) is 14.7. The number of aromatic nitrogens is 3. The second-order valence-corrected chi connectivity index (χ2v) is 8.24. The average molecular weight is 368 g/mol. The largest absolute Gasteiger partial charge is 0.249 e. The Morgan fingerprint density at radius 3 is 2.16 bits per heavy atom. The molecule has 3 nitrogen and oxygen atoms in total. The number of aryl methyl sites for hydroxylation is 1. The fourth-order valence-electron chi connectivity index (χ4n) is 1.72. The van der Waals surface area contributed by atoms with E-state index in [1.807, 2.05) is 13.8 Å². The lowest BCUT2D eigenvalue weighted by Crippen LogP contribution is -2.30. The highest BCUT2D eigenvalue weighted by atomic mass is 35.6.